The number of hydrogen-bond donors (Lipinski definition) is 1. The number of aryl methyl sites for hydroxylation is 1. The van der Waals surface area contributed by atoms with Crippen LogP contribution in [0.2, 0.25) is 0 Å². The van der Waals surface area contributed by atoms with Gasteiger partial charge in [0.15, 0.2) is 5.82 Å². The average molecular weight is 382 g/mol. The summed E-state index contributed by atoms with van der Waals surface area (Å²) in [7, 11) is 1.91. The van der Waals surface area contributed by atoms with Gasteiger partial charge in [-0.1, -0.05) is 22.1 Å². The van der Waals surface area contributed by atoms with Crippen molar-refractivity contribution in [1.29, 1.82) is 0 Å². The quantitative estimate of drug-likeness (QED) is 0.623. The molecule has 0 radical (unpaired) electrons. The fraction of sp³-hybridized carbons (Fsp3) is 0.375. The predicted octanol–water partition coefficient (Wildman–Crippen LogP) is 3.29. The minimum Gasteiger partial charge on any atom is -0.361 e. The number of thioether (sulfide) groups is 1. The van der Waals surface area contributed by atoms with Crippen LogP contribution in [0.25, 0.3) is 11.5 Å². The maximum Gasteiger partial charge on any atom is 0.260 e. The molecule has 0 aromatic carbocycles. The van der Waals surface area contributed by atoms with Crippen LogP contribution in [-0.2, 0) is 12.2 Å². The summed E-state index contributed by atoms with van der Waals surface area (Å²) in [6, 6.07) is 6.00. The number of likely N-dealkylation sites (N-methyl/N-ethyl adjacent to an activating group) is 1. The Bertz CT molecular complexity index is 807. The lowest BCUT2D eigenvalue weighted by molar-refractivity contribution is 0.393. The van der Waals surface area contributed by atoms with E-state index in [2.05, 4.69) is 32.5 Å². The van der Waals surface area contributed by atoms with Crippen molar-refractivity contribution in [3.05, 3.63) is 41.7 Å². The molecule has 25 heavy (non-hydrogen) atoms. The summed E-state index contributed by atoms with van der Waals surface area (Å²) in [5.74, 6) is 2.63. The van der Waals surface area contributed by atoms with E-state index in [1.807, 2.05) is 32.2 Å². The summed E-state index contributed by atoms with van der Waals surface area (Å²) in [6.07, 6.45) is 2.46. The highest BCUT2D eigenvalue weighted by molar-refractivity contribution is 7.98. The second-order valence-corrected chi connectivity index (χ2v) is 6.45. The van der Waals surface area contributed by atoms with E-state index in [4.69, 9.17) is 9.05 Å². The molecule has 7 nitrogen and oxygen atoms in total. The van der Waals surface area contributed by atoms with Crippen molar-refractivity contribution >= 4 is 24.2 Å². The van der Waals surface area contributed by atoms with Gasteiger partial charge in [0.1, 0.15) is 10.8 Å². The zero-order valence-corrected chi connectivity index (χ0v) is 15.9. The molecule has 3 heterocycles. The molecular formula is C16H20ClN5O2S. The van der Waals surface area contributed by atoms with Crippen molar-refractivity contribution in [3.63, 3.8) is 0 Å². The molecule has 3 aromatic rings. The third-order valence-electron chi connectivity index (χ3n) is 3.48. The molecule has 0 bridgehead atoms. The third-order valence-corrected chi connectivity index (χ3v) is 4.52. The summed E-state index contributed by atoms with van der Waals surface area (Å²) in [4.78, 5) is 8.91. The molecule has 0 spiro atoms. The van der Waals surface area contributed by atoms with Crippen molar-refractivity contribution in [2.24, 2.45) is 0 Å². The number of hydrogen-bond acceptors (Lipinski definition) is 8. The van der Waals surface area contributed by atoms with E-state index >= 15 is 0 Å². The lowest BCUT2D eigenvalue weighted by atomic mass is 10.2. The highest BCUT2D eigenvalue weighted by atomic mass is 35.5. The third kappa shape index (κ3) is 5.04. The molecule has 0 fully saturated rings. The molecule has 1 N–H and O–H groups in total. The lowest BCUT2D eigenvalue weighted by Crippen LogP contribution is -2.24. The first-order valence-corrected chi connectivity index (χ1v) is 8.64. The topological polar surface area (TPSA) is 89.9 Å². The van der Waals surface area contributed by atoms with Gasteiger partial charge in [-0.3, -0.25) is 0 Å². The molecule has 3 aromatic heterocycles. The normalized spacial score (nSPS) is 12.0. The molecule has 0 saturated carbocycles. The van der Waals surface area contributed by atoms with Crippen molar-refractivity contribution < 1.29 is 9.05 Å². The van der Waals surface area contributed by atoms with Crippen LogP contribution in [0.5, 0.6) is 0 Å². The number of aromatic nitrogens is 4. The van der Waals surface area contributed by atoms with Gasteiger partial charge in [-0.05, 0) is 33.0 Å². The zero-order valence-electron chi connectivity index (χ0n) is 14.2. The van der Waals surface area contributed by atoms with E-state index in [1.165, 1.54) is 0 Å². The molecule has 134 valence electrons. The maximum atomic E-state index is 5.42. The van der Waals surface area contributed by atoms with E-state index in [9.17, 15) is 0 Å². The first-order valence-electron chi connectivity index (χ1n) is 7.66. The Labute approximate surface area is 156 Å². The summed E-state index contributed by atoms with van der Waals surface area (Å²) >= 11 is 1.56. The van der Waals surface area contributed by atoms with Crippen molar-refractivity contribution in [1.82, 2.24) is 25.6 Å². The SMILES string of the molecule is CNC(C)Cc1noc(-c2cccnc2SCc2cc(C)on2)n1.Cl. The number of halogens is 1. The largest absolute Gasteiger partial charge is 0.361 e. The van der Waals surface area contributed by atoms with Crippen LogP contribution >= 0.6 is 24.2 Å². The number of nitrogens with zero attached hydrogens (tertiary/aromatic N) is 4. The highest BCUT2D eigenvalue weighted by Gasteiger charge is 2.16. The Morgan fingerprint density at radius 3 is 2.84 bits per heavy atom. The van der Waals surface area contributed by atoms with Gasteiger partial charge >= 0.3 is 0 Å². The summed E-state index contributed by atoms with van der Waals surface area (Å²) in [6.45, 7) is 3.95. The lowest BCUT2D eigenvalue weighted by Gasteiger charge is -2.05. The number of nitrogens with one attached hydrogen (secondary N) is 1. The van der Waals surface area contributed by atoms with Gasteiger partial charge in [-0.25, -0.2) is 4.98 Å². The smallest absolute Gasteiger partial charge is 0.260 e. The van der Waals surface area contributed by atoms with Gasteiger partial charge in [-0.15, -0.1) is 12.4 Å². The molecule has 3 rings (SSSR count). The standard InChI is InChI=1S/C16H19N5O2S.ClH/c1-10(17-3)7-14-19-15(23-21-14)13-5-4-6-18-16(13)24-9-12-8-11(2)22-20-12;/h4-6,8,10,17H,7,9H2,1-3H3;1H. The van der Waals surface area contributed by atoms with Gasteiger partial charge in [0.2, 0.25) is 0 Å². The first kappa shape index (κ1) is 19.4. The minimum atomic E-state index is 0. The molecule has 0 aliphatic carbocycles. The van der Waals surface area contributed by atoms with E-state index in [0.717, 1.165) is 22.0 Å². The van der Waals surface area contributed by atoms with Crippen LogP contribution in [0.1, 0.15) is 24.2 Å². The highest BCUT2D eigenvalue weighted by Crippen LogP contribution is 2.30. The minimum absolute atomic E-state index is 0. The molecule has 0 aliphatic heterocycles. The Hall–Kier alpha value is -1.90. The van der Waals surface area contributed by atoms with Crippen LogP contribution in [0, 0.1) is 6.92 Å². The Morgan fingerprint density at radius 2 is 2.12 bits per heavy atom. The monoisotopic (exact) mass is 381 g/mol. The fourth-order valence-electron chi connectivity index (χ4n) is 2.12. The average Bonchev–Trinajstić information content (AvgIpc) is 3.22. The van der Waals surface area contributed by atoms with Crippen LogP contribution in [0.4, 0.5) is 0 Å². The molecule has 9 heteroatoms. The fourth-order valence-corrected chi connectivity index (χ4v) is 2.99. The Kier molecular flexibility index (Phi) is 6.98. The van der Waals surface area contributed by atoms with Gasteiger partial charge < -0.3 is 14.4 Å². The van der Waals surface area contributed by atoms with Crippen molar-refractivity contribution in [2.45, 2.75) is 37.1 Å². The second-order valence-electron chi connectivity index (χ2n) is 5.48. The molecular weight excluding hydrogens is 362 g/mol. The van der Waals surface area contributed by atoms with Crippen LogP contribution in [-0.4, -0.2) is 33.4 Å². The van der Waals surface area contributed by atoms with Gasteiger partial charge in [0.05, 0.1) is 11.3 Å². The summed E-state index contributed by atoms with van der Waals surface area (Å²) in [5.41, 5.74) is 1.71. The van der Waals surface area contributed by atoms with E-state index in [1.54, 1.807) is 18.0 Å². The number of pyridine rings is 1. The maximum absolute atomic E-state index is 5.42. The molecule has 1 unspecified atom stereocenters. The van der Waals surface area contributed by atoms with Crippen molar-refractivity contribution in [2.75, 3.05) is 7.05 Å². The van der Waals surface area contributed by atoms with Gasteiger partial charge in [-0.2, -0.15) is 4.98 Å². The summed E-state index contributed by atoms with van der Waals surface area (Å²) < 4.78 is 10.5. The zero-order chi connectivity index (χ0) is 16.9. The predicted molar refractivity (Wildman–Crippen MR) is 97.8 cm³/mol. The van der Waals surface area contributed by atoms with E-state index in [-0.39, 0.29) is 18.4 Å². The number of rotatable bonds is 7. The second kappa shape index (κ2) is 8.98. The van der Waals surface area contributed by atoms with E-state index in [0.29, 0.717) is 23.9 Å². The molecule has 1 atom stereocenters. The first-order chi connectivity index (χ1) is 11.7. The Balaban J connectivity index is 0.00000225. The van der Waals surface area contributed by atoms with Crippen molar-refractivity contribution in [3.8, 4) is 11.5 Å². The molecule has 0 amide bonds. The van der Waals surface area contributed by atoms with Gasteiger partial charge in [0.25, 0.3) is 5.89 Å². The van der Waals surface area contributed by atoms with Crippen LogP contribution in [0.15, 0.2) is 38.5 Å². The van der Waals surface area contributed by atoms with Crippen LogP contribution in [0.3, 0.4) is 0 Å². The Morgan fingerprint density at radius 1 is 1.28 bits per heavy atom. The van der Waals surface area contributed by atoms with E-state index < -0.39 is 0 Å². The molecule has 0 aliphatic rings. The van der Waals surface area contributed by atoms with Crippen LogP contribution < -0.4 is 5.32 Å². The summed E-state index contributed by atoms with van der Waals surface area (Å²) in [5, 5.41) is 12.0. The molecule has 0 saturated heterocycles. The van der Waals surface area contributed by atoms with Gasteiger partial charge in [0, 0.05) is 30.5 Å².